The highest BCUT2D eigenvalue weighted by Crippen LogP contribution is 2.14. The molecular weight excluding hydrogens is 280 g/mol. The van der Waals surface area contributed by atoms with Gasteiger partial charge in [-0.2, -0.15) is 5.10 Å². The molecule has 0 atom stereocenters. The fourth-order valence-corrected chi connectivity index (χ4v) is 1.73. The van der Waals surface area contributed by atoms with E-state index >= 15 is 0 Å². The summed E-state index contributed by atoms with van der Waals surface area (Å²) < 4.78 is 5.07. The zero-order valence-corrected chi connectivity index (χ0v) is 12.5. The van der Waals surface area contributed by atoms with Gasteiger partial charge in [-0.25, -0.2) is 5.43 Å². The van der Waals surface area contributed by atoms with E-state index in [1.165, 1.54) is 0 Å². The van der Waals surface area contributed by atoms with Gasteiger partial charge < -0.3 is 10.1 Å². The van der Waals surface area contributed by atoms with E-state index in [0.717, 1.165) is 22.7 Å². The fourth-order valence-electron chi connectivity index (χ4n) is 1.73. The van der Waals surface area contributed by atoms with Gasteiger partial charge in [0, 0.05) is 23.6 Å². The van der Waals surface area contributed by atoms with E-state index in [1.807, 2.05) is 43.3 Å². The summed E-state index contributed by atoms with van der Waals surface area (Å²) in [6.07, 6.45) is 3.36. The SMILES string of the molecule is COc1ccc(NCC(=O)N/N=C(/C)c2ccncc2)cc1. The van der Waals surface area contributed by atoms with Crippen molar-refractivity contribution < 1.29 is 9.53 Å². The van der Waals surface area contributed by atoms with Crippen LogP contribution in [0.5, 0.6) is 5.75 Å². The Kier molecular flexibility index (Phi) is 5.48. The second-order valence-corrected chi connectivity index (χ2v) is 4.55. The number of amides is 1. The van der Waals surface area contributed by atoms with Crippen molar-refractivity contribution >= 4 is 17.3 Å². The van der Waals surface area contributed by atoms with E-state index in [-0.39, 0.29) is 12.5 Å². The highest BCUT2D eigenvalue weighted by molar-refractivity contribution is 5.99. The Morgan fingerprint density at radius 1 is 1.18 bits per heavy atom. The molecule has 0 aliphatic carbocycles. The topological polar surface area (TPSA) is 75.6 Å². The van der Waals surface area contributed by atoms with Crippen molar-refractivity contribution in [2.45, 2.75) is 6.92 Å². The largest absolute Gasteiger partial charge is 0.497 e. The van der Waals surface area contributed by atoms with Gasteiger partial charge in [-0.05, 0) is 43.3 Å². The van der Waals surface area contributed by atoms with Gasteiger partial charge >= 0.3 is 0 Å². The number of hydrogen-bond acceptors (Lipinski definition) is 5. The summed E-state index contributed by atoms with van der Waals surface area (Å²) in [4.78, 5) is 15.7. The Morgan fingerprint density at radius 2 is 1.86 bits per heavy atom. The number of aromatic nitrogens is 1. The molecule has 0 aliphatic heterocycles. The van der Waals surface area contributed by atoms with Crippen LogP contribution in [0.15, 0.2) is 53.9 Å². The lowest BCUT2D eigenvalue weighted by molar-refractivity contribution is -0.119. The van der Waals surface area contributed by atoms with Crippen LogP contribution < -0.4 is 15.5 Å². The molecule has 1 aromatic heterocycles. The van der Waals surface area contributed by atoms with Gasteiger partial charge in [-0.1, -0.05) is 0 Å². The number of hydrazone groups is 1. The smallest absolute Gasteiger partial charge is 0.259 e. The molecule has 2 aromatic rings. The van der Waals surface area contributed by atoms with Crippen LogP contribution in [0.2, 0.25) is 0 Å². The van der Waals surface area contributed by atoms with Crippen LogP contribution in [-0.4, -0.2) is 30.3 Å². The second-order valence-electron chi connectivity index (χ2n) is 4.55. The number of hydrogen-bond donors (Lipinski definition) is 2. The Balaban J connectivity index is 1.82. The predicted molar refractivity (Wildman–Crippen MR) is 86.1 cm³/mol. The van der Waals surface area contributed by atoms with Crippen LogP contribution in [-0.2, 0) is 4.79 Å². The number of anilines is 1. The summed E-state index contributed by atoms with van der Waals surface area (Å²) >= 11 is 0. The maximum absolute atomic E-state index is 11.8. The molecule has 114 valence electrons. The molecule has 0 unspecified atom stereocenters. The number of ether oxygens (including phenoxy) is 1. The summed E-state index contributed by atoms with van der Waals surface area (Å²) in [5.41, 5.74) is 4.99. The highest BCUT2D eigenvalue weighted by atomic mass is 16.5. The average Bonchev–Trinajstić information content (AvgIpc) is 2.59. The van der Waals surface area contributed by atoms with Crippen molar-refractivity contribution in [3.63, 3.8) is 0 Å². The standard InChI is InChI=1S/C16H18N4O2/c1-12(13-7-9-17-10-8-13)19-20-16(21)11-18-14-3-5-15(22-2)6-4-14/h3-10,18H,11H2,1-2H3,(H,20,21)/b19-12-. The van der Waals surface area contributed by atoms with Crippen LogP contribution in [0.1, 0.15) is 12.5 Å². The van der Waals surface area contributed by atoms with E-state index in [2.05, 4.69) is 20.8 Å². The van der Waals surface area contributed by atoms with Gasteiger partial charge in [0.05, 0.1) is 19.4 Å². The molecule has 1 aromatic carbocycles. The summed E-state index contributed by atoms with van der Waals surface area (Å²) in [5.74, 6) is 0.553. The van der Waals surface area contributed by atoms with Gasteiger partial charge in [0.1, 0.15) is 5.75 Å². The van der Waals surface area contributed by atoms with Crippen LogP contribution in [0.3, 0.4) is 0 Å². The molecule has 6 heteroatoms. The Labute approximate surface area is 129 Å². The van der Waals surface area contributed by atoms with Crippen molar-refractivity contribution in [3.8, 4) is 5.75 Å². The van der Waals surface area contributed by atoms with Crippen LogP contribution in [0.4, 0.5) is 5.69 Å². The molecule has 6 nitrogen and oxygen atoms in total. The van der Waals surface area contributed by atoms with E-state index in [9.17, 15) is 4.79 Å². The number of nitrogens with one attached hydrogen (secondary N) is 2. The molecule has 1 amide bonds. The molecule has 1 heterocycles. The average molecular weight is 298 g/mol. The monoisotopic (exact) mass is 298 g/mol. The molecule has 22 heavy (non-hydrogen) atoms. The molecule has 0 saturated carbocycles. The lowest BCUT2D eigenvalue weighted by Crippen LogP contribution is -2.26. The Morgan fingerprint density at radius 3 is 2.50 bits per heavy atom. The third-order valence-corrected chi connectivity index (χ3v) is 2.99. The second kappa shape index (κ2) is 7.78. The van der Waals surface area contributed by atoms with Crippen molar-refractivity contribution in [3.05, 3.63) is 54.4 Å². The normalized spacial score (nSPS) is 10.9. The first-order valence-electron chi connectivity index (χ1n) is 6.80. The van der Waals surface area contributed by atoms with Gasteiger partial charge in [0.15, 0.2) is 0 Å². The number of benzene rings is 1. The molecule has 2 rings (SSSR count). The number of carbonyl (C=O) groups is 1. The predicted octanol–water partition coefficient (Wildman–Crippen LogP) is 2.04. The van der Waals surface area contributed by atoms with Crippen LogP contribution in [0.25, 0.3) is 0 Å². The molecule has 0 spiro atoms. The van der Waals surface area contributed by atoms with E-state index in [0.29, 0.717) is 0 Å². The first kappa shape index (κ1) is 15.5. The Bertz CT molecular complexity index is 639. The summed E-state index contributed by atoms with van der Waals surface area (Å²) in [6, 6.07) is 11.0. The maximum atomic E-state index is 11.8. The minimum absolute atomic E-state index is 0.138. The van der Waals surface area contributed by atoms with Crippen molar-refractivity contribution in [2.75, 3.05) is 19.0 Å². The van der Waals surface area contributed by atoms with Gasteiger partial charge in [0.2, 0.25) is 0 Å². The van der Waals surface area contributed by atoms with E-state index in [4.69, 9.17) is 4.74 Å². The minimum atomic E-state index is -0.218. The maximum Gasteiger partial charge on any atom is 0.259 e. The first-order valence-corrected chi connectivity index (χ1v) is 6.80. The van der Waals surface area contributed by atoms with Crippen molar-refractivity contribution in [1.82, 2.24) is 10.4 Å². The number of nitrogens with zero attached hydrogens (tertiary/aromatic N) is 2. The van der Waals surface area contributed by atoms with Crippen molar-refractivity contribution in [1.29, 1.82) is 0 Å². The fraction of sp³-hybridized carbons (Fsp3) is 0.188. The molecule has 0 bridgehead atoms. The summed E-state index contributed by atoms with van der Waals surface area (Å²) in [6.45, 7) is 1.96. The number of carbonyl (C=O) groups excluding carboxylic acids is 1. The zero-order chi connectivity index (χ0) is 15.8. The number of rotatable bonds is 6. The minimum Gasteiger partial charge on any atom is -0.497 e. The summed E-state index contributed by atoms with van der Waals surface area (Å²) in [5, 5.41) is 7.08. The zero-order valence-electron chi connectivity index (χ0n) is 12.5. The summed E-state index contributed by atoms with van der Waals surface area (Å²) in [7, 11) is 1.61. The lowest BCUT2D eigenvalue weighted by Gasteiger charge is -2.07. The molecule has 0 saturated heterocycles. The molecular formula is C16H18N4O2. The van der Waals surface area contributed by atoms with E-state index < -0.39 is 0 Å². The first-order chi connectivity index (χ1) is 10.7. The molecule has 2 N–H and O–H groups in total. The van der Waals surface area contributed by atoms with Gasteiger partial charge in [0.25, 0.3) is 5.91 Å². The quantitative estimate of drug-likeness (QED) is 0.632. The van der Waals surface area contributed by atoms with Crippen molar-refractivity contribution in [2.24, 2.45) is 5.10 Å². The number of pyridine rings is 1. The van der Waals surface area contributed by atoms with Gasteiger partial charge in [-0.3, -0.25) is 9.78 Å². The number of methoxy groups -OCH3 is 1. The van der Waals surface area contributed by atoms with E-state index in [1.54, 1.807) is 19.5 Å². The molecule has 0 fully saturated rings. The molecule has 0 aliphatic rings. The molecule has 0 radical (unpaired) electrons. The third-order valence-electron chi connectivity index (χ3n) is 2.99. The highest BCUT2D eigenvalue weighted by Gasteiger charge is 2.01. The van der Waals surface area contributed by atoms with Crippen LogP contribution >= 0.6 is 0 Å². The third kappa shape index (κ3) is 4.59. The lowest BCUT2D eigenvalue weighted by atomic mass is 10.2. The Hall–Kier alpha value is -2.89. The van der Waals surface area contributed by atoms with Gasteiger partial charge in [-0.15, -0.1) is 0 Å². The van der Waals surface area contributed by atoms with Crippen LogP contribution in [0, 0.1) is 0 Å².